The molecule has 0 saturated heterocycles. The lowest BCUT2D eigenvalue weighted by Crippen LogP contribution is -2.12. The van der Waals surface area contributed by atoms with Crippen molar-refractivity contribution >= 4 is 5.78 Å². The molecule has 0 heterocycles. The molecule has 22 heavy (non-hydrogen) atoms. The molecule has 1 aromatic carbocycles. The van der Waals surface area contributed by atoms with Gasteiger partial charge in [0.25, 0.3) is 0 Å². The molecular weight excluding hydrogens is 297 g/mol. The van der Waals surface area contributed by atoms with Gasteiger partial charge in [0.2, 0.25) is 0 Å². The zero-order valence-electron chi connectivity index (χ0n) is 12.8. The van der Waals surface area contributed by atoms with Crippen LogP contribution in [0.5, 0.6) is 11.5 Å². The SMILES string of the molecule is CCCCCCC(=O)c1ccc(OCC)c(C(F)(F)F)c1O. The number of ether oxygens (including phenoxy) is 1. The zero-order valence-corrected chi connectivity index (χ0v) is 12.8. The van der Waals surface area contributed by atoms with Gasteiger partial charge in [0, 0.05) is 6.42 Å². The van der Waals surface area contributed by atoms with Crippen LogP contribution in [0.4, 0.5) is 13.2 Å². The number of benzene rings is 1. The van der Waals surface area contributed by atoms with Crippen LogP contribution in [-0.4, -0.2) is 17.5 Å². The molecule has 0 amide bonds. The van der Waals surface area contributed by atoms with Crippen molar-refractivity contribution in [1.82, 2.24) is 0 Å². The number of carbonyl (C=O) groups excluding carboxylic acids is 1. The number of alkyl halides is 3. The Bertz CT molecular complexity index is 510. The predicted molar refractivity (Wildman–Crippen MR) is 77.4 cm³/mol. The number of aromatic hydroxyl groups is 1. The number of Topliss-reactive ketones (excluding diaryl/α,β-unsaturated/α-hetero) is 1. The third-order valence-corrected chi connectivity index (χ3v) is 3.28. The Labute approximate surface area is 128 Å². The van der Waals surface area contributed by atoms with Gasteiger partial charge in [-0.3, -0.25) is 4.79 Å². The quantitative estimate of drug-likeness (QED) is 0.544. The summed E-state index contributed by atoms with van der Waals surface area (Å²) in [7, 11) is 0. The van der Waals surface area contributed by atoms with Crippen molar-refractivity contribution in [3.05, 3.63) is 23.3 Å². The highest BCUT2D eigenvalue weighted by Gasteiger charge is 2.39. The number of unbranched alkanes of at least 4 members (excludes halogenated alkanes) is 3. The fourth-order valence-corrected chi connectivity index (χ4v) is 2.19. The number of rotatable bonds is 8. The number of carbonyl (C=O) groups is 1. The lowest BCUT2D eigenvalue weighted by Gasteiger charge is -2.16. The maximum Gasteiger partial charge on any atom is 0.423 e. The Balaban J connectivity index is 3.04. The molecule has 0 unspecified atom stereocenters. The average molecular weight is 318 g/mol. The molecule has 0 aromatic heterocycles. The molecule has 0 saturated carbocycles. The number of ketones is 1. The fourth-order valence-electron chi connectivity index (χ4n) is 2.19. The summed E-state index contributed by atoms with van der Waals surface area (Å²) in [6, 6.07) is 2.28. The molecule has 1 rings (SSSR count). The number of hydrogen-bond donors (Lipinski definition) is 1. The van der Waals surface area contributed by atoms with Crippen molar-refractivity contribution in [2.75, 3.05) is 6.61 Å². The zero-order chi connectivity index (χ0) is 16.8. The maximum atomic E-state index is 13.1. The van der Waals surface area contributed by atoms with Crippen LogP contribution < -0.4 is 4.74 Å². The minimum absolute atomic E-state index is 0.0346. The summed E-state index contributed by atoms with van der Waals surface area (Å²) in [5, 5.41) is 9.88. The Kier molecular flexibility index (Phi) is 6.71. The van der Waals surface area contributed by atoms with E-state index >= 15 is 0 Å². The number of phenolic OH excluding ortho intramolecular Hbond substituents is 1. The van der Waals surface area contributed by atoms with E-state index in [1.54, 1.807) is 6.92 Å². The van der Waals surface area contributed by atoms with Gasteiger partial charge in [0.05, 0.1) is 12.2 Å². The molecule has 0 aliphatic heterocycles. The van der Waals surface area contributed by atoms with Crippen LogP contribution in [0.2, 0.25) is 0 Å². The van der Waals surface area contributed by atoms with Crippen LogP contribution in [0, 0.1) is 0 Å². The summed E-state index contributed by atoms with van der Waals surface area (Å²) >= 11 is 0. The number of halogens is 3. The lowest BCUT2D eigenvalue weighted by atomic mass is 10.00. The van der Waals surface area contributed by atoms with E-state index < -0.39 is 29.0 Å². The summed E-state index contributed by atoms with van der Waals surface area (Å²) in [6.07, 6.45) is -1.25. The lowest BCUT2D eigenvalue weighted by molar-refractivity contribution is -0.140. The van der Waals surface area contributed by atoms with Gasteiger partial charge in [-0.1, -0.05) is 26.2 Å². The minimum atomic E-state index is -4.78. The largest absolute Gasteiger partial charge is 0.506 e. The van der Waals surface area contributed by atoms with E-state index in [2.05, 4.69) is 0 Å². The first kappa shape index (κ1) is 18.3. The van der Waals surface area contributed by atoms with Gasteiger partial charge in [-0.05, 0) is 25.5 Å². The van der Waals surface area contributed by atoms with Gasteiger partial charge in [0.15, 0.2) is 5.78 Å². The molecule has 0 spiro atoms. The second-order valence-electron chi connectivity index (χ2n) is 5.00. The summed E-state index contributed by atoms with van der Waals surface area (Å²) < 4.78 is 44.1. The van der Waals surface area contributed by atoms with Gasteiger partial charge in [-0.2, -0.15) is 13.2 Å². The van der Waals surface area contributed by atoms with Crippen LogP contribution in [0.25, 0.3) is 0 Å². The molecule has 124 valence electrons. The van der Waals surface area contributed by atoms with Crippen LogP contribution >= 0.6 is 0 Å². The molecule has 0 aliphatic carbocycles. The number of phenols is 1. The van der Waals surface area contributed by atoms with Crippen molar-refractivity contribution in [2.45, 2.75) is 52.1 Å². The van der Waals surface area contributed by atoms with E-state index in [1.165, 1.54) is 6.07 Å². The molecule has 6 heteroatoms. The second kappa shape index (κ2) is 8.06. The Morgan fingerprint density at radius 1 is 1.18 bits per heavy atom. The van der Waals surface area contributed by atoms with Crippen molar-refractivity contribution in [2.24, 2.45) is 0 Å². The highest BCUT2D eigenvalue weighted by atomic mass is 19.4. The average Bonchev–Trinajstić information content (AvgIpc) is 2.42. The molecule has 0 aliphatic rings. The van der Waals surface area contributed by atoms with Crippen LogP contribution in [0.3, 0.4) is 0 Å². The number of hydrogen-bond acceptors (Lipinski definition) is 3. The molecule has 0 atom stereocenters. The molecule has 0 bridgehead atoms. The fraction of sp³-hybridized carbons (Fsp3) is 0.562. The molecule has 0 radical (unpaired) electrons. The van der Waals surface area contributed by atoms with Crippen molar-refractivity contribution in [1.29, 1.82) is 0 Å². The van der Waals surface area contributed by atoms with E-state index in [4.69, 9.17) is 4.74 Å². The highest BCUT2D eigenvalue weighted by Crippen LogP contribution is 2.44. The van der Waals surface area contributed by atoms with Gasteiger partial charge in [-0.25, -0.2) is 0 Å². The summed E-state index contributed by atoms with van der Waals surface area (Å²) in [5.74, 6) is -1.99. The second-order valence-corrected chi connectivity index (χ2v) is 5.00. The van der Waals surface area contributed by atoms with Crippen molar-refractivity contribution in [3.63, 3.8) is 0 Å². The van der Waals surface area contributed by atoms with Crippen molar-refractivity contribution < 1.29 is 27.8 Å². The van der Waals surface area contributed by atoms with E-state index in [-0.39, 0.29) is 18.6 Å². The summed E-state index contributed by atoms with van der Waals surface area (Å²) in [4.78, 5) is 12.0. The van der Waals surface area contributed by atoms with Gasteiger partial charge in [-0.15, -0.1) is 0 Å². The maximum absolute atomic E-state index is 13.1. The third-order valence-electron chi connectivity index (χ3n) is 3.28. The first-order chi connectivity index (χ1) is 10.3. The first-order valence-electron chi connectivity index (χ1n) is 7.42. The topological polar surface area (TPSA) is 46.5 Å². The normalized spacial score (nSPS) is 11.5. The Morgan fingerprint density at radius 3 is 2.41 bits per heavy atom. The van der Waals surface area contributed by atoms with E-state index in [0.29, 0.717) is 6.42 Å². The predicted octanol–water partition coefficient (Wildman–Crippen LogP) is 4.96. The summed E-state index contributed by atoms with van der Waals surface area (Å²) in [6.45, 7) is 3.60. The monoisotopic (exact) mass is 318 g/mol. The Hall–Kier alpha value is -1.72. The van der Waals surface area contributed by atoms with E-state index in [9.17, 15) is 23.1 Å². The van der Waals surface area contributed by atoms with Crippen LogP contribution in [0.15, 0.2) is 12.1 Å². The molecule has 0 fully saturated rings. The highest BCUT2D eigenvalue weighted by molar-refractivity contribution is 5.99. The van der Waals surface area contributed by atoms with Crippen LogP contribution in [0.1, 0.15) is 61.9 Å². The summed E-state index contributed by atoms with van der Waals surface area (Å²) in [5.41, 5.74) is -1.58. The van der Waals surface area contributed by atoms with Crippen molar-refractivity contribution in [3.8, 4) is 11.5 Å². The smallest absolute Gasteiger partial charge is 0.423 e. The molecule has 3 nitrogen and oxygen atoms in total. The third kappa shape index (κ3) is 4.64. The molecule has 1 aromatic rings. The molecular formula is C16H21F3O3. The van der Waals surface area contributed by atoms with Crippen LogP contribution in [-0.2, 0) is 6.18 Å². The Morgan fingerprint density at radius 2 is 1.86 bits per heavy atom. The first-order valence-corrected chi connectivity index (χ1v) is 7.42. The van der Waals surface area contributed by atoms with E-state index in [0.717, 1.165) is 25.3 Å². The van der Waals surface area contributed by atoms with Gasteiger partial charge >= 0.3 is 6.18 Å². The minimum Gasteiger partial charge on any atom is -0.506 e. The van der Waals surface area contributed by atoms with Gasteiger partial charge in [0.1, 0.15) is 17.1 Å². The molecule has 1 N–H and O–H groups in total. The van der Waals surface area contributed by atoms with E-state index in [1.807, 2.05) is 6.92 Å². The standard InChI is InChI=1S/C16H21F3O3/c1-3-5-6-7-8-12(20)11-9-10-13(22-4-2)14(15(11)21)16(17,18)19/h9-10,21H,3-8H2,1-2H3. The van der Waals surface area contributed by atoms with Gasteiger partial charge < -0.3 is 9.84 Å².